The number of aldehydes is 1. The van der Waals surface area contributed by atoms with E-state index in [0.717, 1.165) is 11.8 Å². The molecule has 10 nitrogen and oxygen atoms in total. The first-order chi connectivity index (χ1) is 18.6. The molecular formula is C29H42N4O6. The number of carbonyl (C=O) groups is 5. The molecule has 0 bridgehead atoms. The highest BCUT2D eigenvalue weighted by atomic mass is 16.5. The molecular weight excluding hydrogens is 500 g/mol. The van der Waals surface area contributed by atoms with Crippen LogP contribution in [0.1, 0.15) is 78.2 Å². The highest BCUT2D eigenvalue weighted by Crippen LogP contribution is 2.23. The van der Waals surface area contributed by atoms with Crippen LogP contribution in [0, 0.1) is 0 Å². The van der Waals surface area contributed by atoms with Gasteiger partial charge in [-0.2, -0.15) is 0 Å². The summed E-state index contributed by atoms with van der Waals surface area (Å²) in [4.78, 5) is 66.3. The number of fused-ring (bicyclic) bond motifs is 1. The molecule has 214 valence electrons. The second-order valence-electron chi connectivity index (χ2n) is 10.9. The quantitative estimate of drug-likeness (QED) is 0.306. The SMILES string of the molecule is CC[C@]1(C)NC(=O)[C@H](CCCCC=O)NC(=O)[C@H]2CCCN2C(=O)[C@H](Cc2ccc(OC(C)C)cc2)NC1=O. The molecule has 2 aliphatic rings. The van der Waals surface area contributed by atoms with Gasteiger partial charge in [0.25, 0.3) is 0 Å². The van der Waals surface area contributed by atoms with Gasteiger partial charge in [0.2, 0.25) is 23.6 Å². The molecule has 2 saturated heterocycles. The molecule has 4 amide bonds. The smallest absolute Gasteiger partial charge is 0.246 e. The van der Waals surface area contributed by atoms with E-state index in [9.17, 15) is 24.0 Å². The van der Waals surface area contributed by atoms with Gasteiger partial charge in [-0.1, -0.05) is 25.5 Å². The number of ether oxygens (including phenoxy) is 1. The lowest BCUT2D eigenvalue weighted by atomic mass is 9.94. The maximum absolute atomic E-state index is 13.8. The Morgan fingerprint density at radius 1 is 1.05 bits per heavy atom. The normalized spacial score (nSPS) is 26.2. The van der Waals surface area contributed by atoms with Crippen LogP contribution in [0.2, 0.25) is 0 Å². The number of nitrogens with zero attached hydrogens (tertiary/aromatic N) is 1. The van der Waals surface area contributed by atoms with Crippen molar-refractivity contribution >= 4 is 29.9 Å². The molecule has 3 rings (SSSR count). The Kier molecular flexibility index (Phi) is 10.5. The Labute approximate surface area is 230 Å². The van der Waals surface area contributed by atoms with Crippen LogP contribution in [0.4, 0.5) is 0 Å². The Morgan fingerprint density at radius 3 is 2.41 bits per heavy atom. The molecule has 10 heteroatoms. The largest absolute Gasteiger partial charge is 0.491 e. The topological polar surface area (TPSA) is 134 Å². The zero-order chi connectivity index (χ0) is 28.6. The van der Waals surface area contributed by atoms with Crippen molar-refractivity contribution in [3.05, 3.63) is 29.8 Å². The van der Waals surface area contributed by atoms with Crippen molar-refractivity contribution in [2.24, 2.45) is 0 Å². The molecule has 0 aliphatic carbocycles. The predicted molar refractivity (Wildman–Crippen MR) is 146 cm³/mol. The second-order valence-corrected chi connectivity index (χ2v) is 10.9. The van der Waals surface area contributed by atoms with Gasteiger partial charge in [0.15, 0.2) is 0 Å². The number of amides is 4. The minimum Gasteiger partial charge on any atom is -0.491 e. The minimum absolute atomic E-state index is 0.0270. The molecule has 0 unspecified atom stereocenters. The van der Waals surface area contributed by atoms with E-state index in [0.29, 0.717) is 50.8 Å². The lowest BCUT2D eigenvalue weighted by Gasteiger charge is -2.36. The third kappa shape index (κ3) is 7.80. The van der Waals surface area contributed by atoms with E-state index in [4.69, 9.17) is 4.74 Å². The summed E-state index contributed by atoms with van der Waals surface area (Å²) in [6, 6.07) is 4.87. The summed E-state index contributed by atoms with van der Waals surface area (Å²) in [5, 5.41) is 8.57. The predicted octanol–water partition coefficient (Wildman–Crippen LogP) is 2.03. The van der Waals surface area contributed by atoms with Crippen LogP contribution in [0.5, 0.6) is 5.75 Å². The molecule has 0 aromatic heterocycles. The summed E-state index contributed by atoms with van der Waals surface area (Å²) in [6.45, 7) is 7.68. The highest BCUT2D eigenvalue weighted by Gasteiger charge is 2.43. The van der Waals surface area contributed by atoms with E-state index in [2.05, 4.69) is 16.0 Å². The van der Waals surface area contributed by atoms with Crippen LogP contribution >= 0.6 is 0 Å². The third-order valence-corrected chi connectivity index (χ3v) is 7.48. The molecule has 2 fully saturated rings. The number of nitrogens with one attached hydrogen (secondary N) is 3. The Morgan fingerprint density at radius 2 is 1.77 bits per heavy atom. The van der Waals surface area contributed by atoms with Gasteiger partial charge in [0.1, 0.15) is 35.7 Å². The minimum atomic E-state index is -1.29. The lowest BCUT2D eigenvalue weighted by Crippen LogP contribution is -2.65. The van der Waals surface area contributed by atoms with E-state index in [-0.39, 0.29) is 30.8 Å². The summed E-state index contributed by atoms with van der Waals surface area (Å²) < 4.78 is 5.71. The van der Waals surface area contributed by atoms with E-state index in [1.54, 1.807) is 13.8 Å². The van der Waals surface area contributed by atoms with Crippen LogP contribution in [0.25, 0.3) is 0 Å². The Hall–Kier alpha value is -3.43. The zero-order valence-corrected chi connectivity index (χ0v) is 23.5. The van der Waals surface area contributed by atoms with Gasteiger partial charge in [-0.05, 0) is 70.6 Å². The van der Waals surface area contributed by atoms with E-state index >= 15 is 0 Å². The monoisotopic (exact) mass is 542 g/mol. The Balaban J connectivity index is 1.90. The average Bonchev–Trinajstić information content (AvgIpc) is 3.39. The number of rotatable bonds is 10. The number of benzene rings is 1. The lowest BCUT2D eigenvalue weighted by molar-refractivity contribution is -0.144. The molecule has 39 heavy (non-hydrogen) atoms. The Bertz CT molecular complexity index is 1040. The maximum Gasteiger partial charge on any atom is 0.246 e. The molecule has 3 N–H and O–H groups in total. The van der Waals surface area contributed by atoms with Crippen LogP contribution in [0.15, 0.2) is 24.3 Å². The van der Waals surface area contributed by atoms with Crippen molar-refractivity contribution in [1.29, 1.82) is 0 Å². The van der Waals surface area contributed by atoms with Crippen molar-refractivity contribution in [3.63, 3.8) is 0 Å². The fraction of sp³-hybridized carbons (Fsp3) is 0.621. The van der Waals surface area contributed by atoms with Gasteiger partial charge in [-0.25, -0.2) is 0 Å². The van der Waals surface area contributed by atoms with Crippen LogP contribution in [0.3, 0.4) is 0 Å². The summed E-state index contributed by atoms with van der Waals surface area (Å²) in [5.41, 5.74) is -0.463. The number of unbranched alkanes of at least 4 members (excludes halogenated alkanes) is 2. The molecule has 2 aliphatic heterocycles. The second kappa shape index (κ2) is 13.6. The summed E-state index contributed by atoms with van der Waals surface area (Å²) >= 11 is 0. The van der Waals surface area contributed by atoms with Crippen LogP contribution < -0.4 is 20.7 Å². The fourth-order valence-electron chi connectivity index (χ4n) is 5.01. The first-order valence-electron chi connectivity index (χ1n) is 14.0. The molecule has 1 aromatic rings. The van der Waals surface area contributed by atoms with Gasteiger partial charge in [0.05, 0.1) is 6.10 Å². The molecule has 0 radical (unpaired) electrons. The van der Waals surface area contributed by atoms with Crippen molar-refractivity contribution in [2.75, 3.05) is 6.54 Å². The molecule has 0 spiro atoms. The summed E-state index contributed by atoms with van der Waals surface area (Å²) in [5.74, 6) is -0.908. The fourth-order valence-corrected chi connectivity index (χ4v) is 5.01. The van der Waals surface area contributed by atoms with Gasteiger partial charge >= 0.3 is 0 Å². The van der Waals surface area contributed by atoms with Crippen LogP contribution in [-0.4, -0.2) is 71.1 Å². The van der Waals surface area contributed by atoms with Crippen molar-refractivity contribution in [1.82, 2.24) is 20.9 Å². The summed E-state index contributed by atoms with van der Waals surface area (Å²) in [6.07, 6.45) is 4.33. The number of carbonyl (C=O) groups excluding carboxylic acids is 5. The van der Waals surface area contributed by atoms with E-state index in [1.165, 1.54) is 4.90 Å². The molecule has 2 heterocycles. The first-order valence-corrected chi connectivity index (χ1v) is 14.0. The van der Waals surface area contributed by atoms with E-state index in [1.807, 2.05) is 38.1 Å². The zero-order valence-electron chi connectivity index (χ0n) is 23.5. The number of hydrogen-bond donors (Lipinski definition) is 3. The van der Waals surface area contributed by atoms with Crippen molar-refractivity contribution in [3.8, 4) is 5.75 Å². The van der Waals surface area contributed by atoms with E-state index < -0.39 is 35.5 Å². The van der Waals surface area contributed by atoms with Gasteiger partial charge in [-0.15, -0.1) is 0 Å². The highest BCUT2D eigenvalue weighted by molar-refractivity contribution is 5.99. The average molecular weight is 543 g/mol. The van der Waals surface area contributed by atoms with Gasteiger partial charge in [-0.3, -0.25) is 19.2 Å². The third-order valence-electron chi connectivity index (χ3n) is 7.48. The maximum atomic E-state index is 13.8. The molecule has 4 atom stereocenters. The summed E-state index contributed by atoms with van der Waals surface area (Å²) in [7, 11) is 0. The standard InChI is InChI=1S/C29H42N4O6/c1-5-29(4)28(38)31-23(18-20-12-14-21(15-13-20)39-19(2)3)27(37)33-16-9-11-24(33)26(36)30-22(25(35)32-29)10-7-6-8-17-34/h12-15,17,19,22-24H,5-11,16,18H2,1-4H3,(H,30,36)(H,31,38)(H,32,35)/t22-,23-,24+,29-/m0/s1. The van der Waals surface area contributed by atoms with Crippen molar-refractivity contribution < 1.29 is 28.7 Å². The number of hydrogen-bond acceptors (Lipinski definition) is 6. The van der Waals surface area contributed by atoms with Gasteiger partial charge in [0, 0.05) is 19.4 Å². The molecule has 1 aromatic carbocycles. The van der Waals surface area contributed by atoms with Gasteiger partial charge < -0.3 is 30.4 Å². The van der Waals surface area contributed by atoms with Crippen LogP contribution in [-0.2, 0) is 30.4 Å². The first kappa shape index (κ1) is 30.1. The van der Waals surface area contributed by atoms with Crippen molar-refractivity contribution in [2.45, 2.75) is 109 Å². The molecule has 0 saturated carbocycles.